The summed E-state index contributed by atoms with van der Waals surface area (Å²) >= 11 is 0. The first kappa shape index (κ1) is 19.7. The molecule has 3 aromatic rings. The summed E-state index contributed by atoms with van der Waals surface area (Å²) in [5.41, 5.74) is 0.910. The van der Waals surface area contributed by atoms with Gasteiger partial charge in [-0.15, -0.1) is 0 Å². The summed E-state index contributed by atoms with van der Waals surface area (Å²) in [5.74, 6) is 3.11. The Morgan fingerprint density at radius 2 is 1.80 bits per heavy atom. The Balaban J connectivity index is 1.27. The number of para-hydroxylation sites is 1. The number of amides is 1. The molecule has 7 nitrogen and oxygen atoms in total. The summed E-state index contributed by atoms with van der Waals surface area (Å²) in [6.45, 7) is 2.38. The molecule has 1 amide bonds. The van der Waals surface area contributed by atoms with Gasteiger partial charge in [0.05, 0.1) is 0 Å². The molecule has 0 radical (unpaired) electrons. The number of benzene rings is 2. The zero-order valence-corrected chi connectivity index (χ0v) is 16.8. The second kappa shape index (κ2) is 9.73. The van der Waals surface area contributed by atoms with Gasteiger partial charge >= 0.3 is 0 Å². The number of likely N-dealkylation sites (tertiary alicyclic amines) is 1. The number of carbonyl (C=O) groups is 1. The molecule has 4 rings (SSSR count). The number of rotatable bonds is 9. The Kier molecular flexibility index (Phi) is 6.39. The predicted octanol–water partition coefficient (Wildman–Crippen LogP) is 4.44. The fraction of sp³-hybridized carbons (Fsp3) is 0.261. The lowest BCUT2D eigenvalue weighted by atomic mass is 10.3. The fourth-order valence-electron chi connectivity index (χ4n) is 3.30. The van der Waals surface area contributed by atoms with E-state index in [0.717, 1.165) is 49.7 Å². The molecule has 1 aliphatic rings. The molecule has 2 aromatic carbocycles. The van der Waals surface area contributed by atoms with E-state index in [0.29, 0.717) is 18.2 Å². The lowest BCUT2D eigenvalue weighted by molar-refractivity contribution is -0.127. The van der Waals surface area contributed by atoms with Crippen LogP contribution in [0.4, 0.5) is 17.5 Å². The smallest absolute Gasteiger partial charge is 0.224 e. The van der Waals surface area contributed by atoms with Crippen molar-refractivity contribution in [1.29, 1.82) is 0 Å². The van der Waals surface area contributed by atoms with E-state index in [1.165, 1.54) is 0 Å². The van der Waals surface area contributed by atoms with Crippen LogP contribution in [0.15, 0.2) is 66.9 Å². The third kappa shape index (κ3) is 5.47. The molecule has 1 aliphatic heterocycles. The highest BCUT2D eigenvalue weighted by Gasteiger charge is 2.18. The van der Waals surface area contributed by atoms with Crippen LogP contribution in [-0.4, -0.2) is 40.4 Å². The summed E-state index contributed by atoms with van der Waals surface area (Å²) in [5, 5.41) is 6.50. The van der Waals surface area contributed by atoms with Gasteiger partial charge in [-0.25, -0.2) is 4.98 Å². The standard InChI is InChI=1S/C23H25N5O2/c29-22-8-4-16-28(22)17-5-14-24-23-25-15-13-21(27-23)26-18-9-11-20(12-10-18)30-19-6-2-1-3-7-19/h1-3,6-7,9-13,15H,4-5,8,14,16-17H2,(H2,24,25,26,27). The molecule has 0 bridgehead atoms. The first-order valence-electron chi connectivity index (χ1n) is 10.2. The van der Waals surface area contributed by atoms with Crippen molar-refractivity contribution in [3.63, 3.8) is 0 Å². The first-order valence-corrected chi connectivity index (χ1v) is 10.2. The summed E-state index contributed by atoms with van der Waals surface area (Å²) in [4.78, 5) is 22.3. The molecule has 2 heterocycles. The van der Waals surface area contributed by atoms with Gasteiger partial charge in [-0.05, 0) is 55.3 Å². The molecule has 0 atom stereocenters. The van der Waals surface area contributed by atoms with Crippen LogP contribution >= 0.6 is 0 Å². The van der Waals surface area contributed by atoms with E-state index in [2.05, 4.69) is 20.6 Å². The molecule has 0 aliphatic carbocycles. The van der Waals surface area contributed by atoms with Crippen LogP contribution in [-0.2, 0) is 4.79 Å². The molecule has 0 unspecified atom stereocenters. The minimum Gasteiger partial charge on any atom is -0.457 e. The van der Waals surface area contributed by atoms with Crippen LogP contribution < -0.4 is 15.4 Å². The maximum atomic E-state index is 11.6. The van der Waals surface area contributed by atoms with Crippen LogP contribution in [0.1, 0.15) is 19.3 Å². The summed E-state index contributed by atoms with van der Waals surface area (Å²) in [6.07, 6.45) is 4.25. The van der Waals surface area contributed by atoms with Crippen molar-refractivity contribution in [1.82, 2.24) is 14.9 Å². The van der Waals surface area contributed by atoms with E-state index < -0.39 is 0 Å². The van der Waals surface area contributed by atoms with Crippen LogP contribution in [0, 0.1) is 0 Å². The normalized spacial score (nSPS) is 13.3. The molecule has 0 saturated carbocycles. The minimum absolute atomic E-state index is 0.262. The number of nitrogens with zero attached hydrogens (tertiary/aromatic N) is 3. The minimum atomic E-state index is 0.262. The van der Waals surface area contributed by atoms with Gasteiger partial charge in [0.15, 0.2) is 0 Å². The third-order valence-electron chi connectivity index (χ3n) is 4.82. The van der Waals surface area contributed by atoms with E-state index in [9.17, 15) is 4.79 Å². The SMILES string of the molecule is O=C1CCCN1CCCNc1nccc(Nc2ccc(Oc3ccccc3)cc2)n1. The van der Waals surface area contributed by atoms with Gasteiger partial charge < -0.3 is 20.3 Å². The molecule has 1 saturated heterocycles. The van der Waals surface area contributed by atoms with Crippen molar-refractivity contribution in [3.05, 3.63) is 66.9 Å². The summed E-state index contributed by atoms with van der Waals surface area (Å²) < 4.78 is 5.81. The molecular formula is C23H25N5O2. The van der Waals surface area contributed by atoms with Crippen molar-refractivity contribution in [2.24, 2.45) is 0 Å². The quantitative estimate of drug-likeness (QED) is 0.514. The molecule has 2 N–H and O–H groups in total. The molecule has 0 spiro atoms. The van der Waals surface area contributed by atoms with Gasteiger partial charge in [0.1, 0.15) is 17.3 Å². The van der Waals surface area contributed by atoms with E-state index in [1.807, 2.05) is 65.6 Å². The zero-order valence-electron chi connectivity index (χ0n) is 16.8. The summed E-state index contributed by atoms with van der Waals surface area (Å²) in [6, 6.07) is 19.2. The Morgan fingerprint density at radius 3 is 2.57 bits per heavy atom. The predicted molar refractivity (Wildman–Crippen MR) is 117 cm³/mol. The zero-order chi connectivity index (χ0) is 20.6. The van der Waals surface area contributed by atoms with Gasteiger partial charge in [-0.2, -0.15) is 4.98 Å². The number of hydrogen-bond acceptors (Lipinski definition) is 6. The molecule has 1 fully saturated rings. The average Bonchev–Trinajstić information content (AvgIpc) is 3.18. The lowest BCUT2D eigenvalue weighted by Crippen LogP contribution is -2.27. The number of hydrogen-bond donors (Lipinski definition) is 2. The highest BCUT2D eigenvalue weighted by atomic mass is 16.5. The third-order valence-corrected chi connectivity index (χ3v) is 4.82. The van der Waals surface area contributed by atoms with Gasteiger partial charge in [0.25, 0.3) is 0 Å². The molecule has 30 heavy (non-hydrogen) atoms. The largest absolute Gasteiger partial charge is 0.457 e. The van der Waals surface area contributed by atoms with Gasteiger partial charge in [-0.3, -0.25) is 4.79 Å². The van der Waals surface area contributed by atoms with Crippen LogP contribution in [0.3, 0.4) is 0 Å². The maximum absolute atomic E-state index is 11.6. The van der Waals surface area contributed by atoms with Crippen LogP contribution in [0.2, 0.25) is 0 Å². The molecule has 7 heteroatoms. The fourth-order valence-corrected chi connectivity index (χ4v) is 3.30. The van der Waals surface area contributed by atoms with Crippen molar-refractivity contribution < 1.29 is 9.53 Å². The van der Waals surface area contributed by atoms with Crippen molar-refractivity contribution in [3.8, 4) is 11.5 Å². The number of ether oxygens (including phenoxy) is 1. The second-order valence-corrected chi connectivity index (χ2v) is 7.09. The van der Waals surface area contributed by atoms with E-state index in [-0.39, 0.29) is 5.91 Å². The Labute approximate surface area is 176 Å². The second-order valence-electron chi connectivity index (χ2n) is 7.09. The van der Waals surface area contributed by atoms with Crippen LogP contribution in [0.5, 0.6) is 11.5 Å². The van der Waals surface area contributed by atoms with Gasteiger partial charge in [0.2, 0.25) is 11.9 Å². The Hall–Kier alpha value is -3.61. The van der Waals surface area contributed by atoms with Gasteiger partial charge in [0, 0.05) is 37.9 Å². The van der Waals surface area contributed by atoms with Crippen molar-refractivity contribution in [2.75, 3.05) is 30.3 Å². The highest BCUT2D eigenvalue weighted by molar-refractivity contribution is 5.78. The molecule has 154 valence electrons. The lowest BCUT2D eigenvalue weighted by Gasteiger charge is -2.15. The Bertz CT molecular complexity index is 963. The Morgan fingerprint density at radius 1 is 1.00 bits per heavy atom. The average molecular weight is 403 g/mol. The van der Waals surface area contributed by atoms with E-state index in [4.69, 9.17) is 4.74 Å². The van der Waals surface area contributed by atoms with E-state index >= 15 is 0 Å². The topological polar surface area (TPSA) is 79.4 Å². The van der Waals surface area contributed by atoms with Crippen molar-refractivity contribution in [2.45, 2.75) is 19.3 Å². The van der Waals surface area contributed by atoms with Crippen LogP contribution in [0.25, 0.3) is 0 Å². The number of nitrogens with one attached hydrogen (secondary N) is 2. The number of anilines is 3. The molecular weight excluding hydrogens is 378 g/mol. The van der Waals surface area contributed by atoms with Crippen molar-refractivity contribution >= 4 is 23.4 Å². The highest BCUT2D eigenvalue weighted by Crippen LogP contribution is 2.24. The molecule has 1 aromatic heterocycles. The summed E-state index contributed by atoms with van der Waals surface area (Å²) in [7, 11) is 0. The monoisotopic (exact) mass is 403 g/mol. The van der Waals surface area contributed by atoms with E-state index in [1.54, 1.807) is 6.20 Å². The first-order chi connectivity index (χ1) is 14.8. The van der Waals surface area contributed by atoms with Gasteiger partial charge in [-0.1, -0.05) is 18.2 Å². The number of carbonyl (C=O) groups excluding carboxylic acids is 1. The maximum Gasteiger partial charge on any atom is 0.224 e. The number of aromatic nitrogens is 2.